The molecule has 0 spiro atoms. The maximum atomic E-state index is 10.5. The molecule has 0 unspecified atom stereocenters. The summed E-state index contributed by atoms with van der Waals surface area (Å²) in [5.41, 5.74) is 1.18. The van der Waals surface area contributed by atoms with Crippen LogP contribution < -0.4 is 0 Å². The average molecular weight is 205 g/mol. The largest absolute Gasteiger partial charge is 0.280 e. The molecule has 14 heavy (non-hydrogen) atoms. The van der Waals surface area contributed by atoms with E-state index >= 15 is 0 Å². The molecule has 0 saturated carbocycles. The summed E-state index contributed by atoms with van der Waals surface area (Å²) in [5.74, 6) is 0. The molecule has 3 nitrogen and oxygen atoms in total. The zero-order chi connectivity index (χ0) is 9.97. The number of hydrogen-bond donors (Lipinski definition) is 0. The van der Waals surface area contributed by atoms with Gasteiger partial charge in [-0.1, -0.05) is 30.3 Å². The standard InChI is InChI=1S/C10H7NO2S/c12-11(13)9-6-10(14-7-9)8-4-2-1-3-5-8/h1-7H. The molecule has 0 N–H and O–H groups in total. The molecule has 0 bridgehead atoms. The zero-order valence-corrected chi connectivity index (χ0v) is 8.03. The predicted molar refractivity (Wildman–Crippen MR) is 56.4 cm³/mol. The smallest absolute Gasteiger partial charge is 0.258 e. The molecular weight excluding hydrogens is 198 g/mol. The van der Waals surface area contributed by atoms with Gasteiger partial charge in [0.15, 0.2) is 0 Å². The third kappa shape index (κ3) is 1.65. The van der Waals surface area contributed by atoms with Crippen LogP contribution in [0.2, 0.25) is 0 Å². The minimum absolute atomic E-state index is 0.161. The van der Waals surface area contributed by atoms with Gasteiger partial charge in [-0.15, -0.1) is 11.3 Å². The van der Waals surface area contributed by atoms with Gasteiger partial charge in [-0.2, -0.15) is 0 Å². The summed E-state index contributed by atoms with van der Waals surface area (Å²) >= 11 is 1.39. The summed E-state index contributed by atoms with van der Waals surface area (Å²) in [6, 6.07) is 11.2. The van der Waals surface area contributed by atoms with Crippen molar-refractivity contribution in [3.05, 3.63) is 51.9 Å². The first-order valence-electron chi connectivity index (χ1n) is 4.06. The van der Waals surface area contributed by atoms with E-state index in [1.54, 1.807) is 11.4 Å². The van der Waals surface area contributed by atoms with Crippen molar-refractivity contribution >= 4 is 17.0 Å². The predicted octanol–water partition coefficient (Wildman–Crippen LogP) is 3.32. The highest BCUT2D eigenvalue weighted by molar-refractivity contribution is 7.14. The molecule has 0 fully saturated rings. The second kappa shape index (κ2) is 3.59. The van der Waals surface area contributed by atoms with Crippen LogP contribution in [0.25, 0.3) is 10.4 Å². The van der Waals surface area contributed by atoms with Gasteiger partial charge < -0.3 is 0 Å². The van der Waals surface area contributed by atoms with Gasteiger partial charge in [0.05, 0.1) is 10.3 Å². The SMILES string of the molecule is O=[N+]([O-])c1csc(-c2ccccc2)c1. The van der Waals surface area contributed by atoms with Crippen molar-refractivity contribution in [3.63, 3.8) is 0 Å². The monoisotopic (exact) mass is 205 g/mol. The molecule has 0 aliphatic rings. The third-order valence-corrected chi connectivity index (χ3v) is 2.82. The lowest BCUT2D eigenvalue weighted by atomic mass is 10.2. The molecule has 2 rings (SSSR count). The van der Waals surface area contributed by atoms with Crippen LogP contribution in [0.4, 0.5) is 5.69 Å². The van der Waals surface area contributed by atoms with Gasteiger partial charge in [0.1, 0.15) is 0 Å². The van der Waals surface area contributed by atoms with Crippen LogP contribution >= 0.6 is 11.3 Å². The number of hydrogen-bond acceptors (Lipinski definition) is 3. The number of benzene rings is 1. The van der Waals surface area contributed by atoms with Crippen LogP contribution in [-0.2, 0) is 0 Å². The Bertz CT molecular complexity index is 450. The molecule has 1 heterocycles. The summed E-state index contributed by atoms with van der Waals surface area (Å²) in [7, 11) is 0. The van der Waals surface area contributed by atoms with E-state index in [0.29, 0.717) is 0 Å². The summed E-state index contributed by atoms with van der Waals surface area (Å²) in [5, 5.41) is 12.0. The number of thiophene rings is 1. The Balaban J connectivity index is 2.39. The molecule has 0 amide bonds. The summed E-state index contributed by atoms with van der Waals surface area (Å²) in [6.45, 7) is 0. The van der Waals surface area contributed by atoms with Gasteiger partial charge in [0, 0.05) is 10.9 Å². The Kier molecular flexibility index (Phi) is 2.28. The van der Waals surface area contributed by atoms with Gasteiger partial charge >= 0.3 is 0 Å². The van der Waals surface area contributed by atoms with E-state index in [4.69, 9.17) is 0 Å². The lowest BCUT2D eigenvalue weighted by Gasteiger charge is -1.93. The molecule has 70 valence electrons. The molecule has 0 saturated heterocycles. The fourth-order valence-corrected chi connectivity index (χ4v) is 2.04. The Hall–Kier alpha value is -1.68. The summed E-state index contributed by atoms with van der Waals surface area (Å²) < 4.78 is 0. The van der Waals surface area contributed by atoms with E-state index in [0.717, 1.165) is 10.4 Å². The van der Waals surface area contributed by atoms with E-state index in [1.165, 1.54) is 11.3 Å². The zero-order valence-electron chi connectivity index (χ0n) is 7.21. The van der Waals surface area contributed by atoms with Crippen molar-refractivity contribution in [3.8, 4) is 10.4 Å². The van der Waals surface area contributed by atoms with Gasteiger partial charge in [0.25, 0.3) is 5.69 Å². The molecular formula is C10H7NO2S. The van der Waals surface area contributed by atoms with E-state index < -0.39 is 0 Å². The second-order valence-corrected chi connectivity index (χ2v) is 3.70. The summed E-state index contributed by atoms with van der Waals surface area (Å²) in [6.07, 6.45) is 0. The lowest BCUT2D eigenvalue weighted by molar-refractivity contribution is -0.384. The van der Waals surface area contributed by atoms with Crippen LogP contribution in [0, 0.1) is 10.1 Å². The minimum atomic E-state index is -0.372. The Labute approximate surface area is 84.8 Å². The van der Waals surface area contributed by atoms with Gasteiger partial charge in [-0.25, -0.2) is 0 Å². The van der Waals surface area contributed by atoms with Gasteiger partial charge in [-0.3, -0.25) is 10.1 Å². The van der Waals surface area contributed by atoms with Crippen LogP contribution in [0.3, 0.4) is 0 Å². The molecule has 1 aromatic carbocycles. The maximum absolute atomic E-state index is 10.5. The summed E-state index contributed by atoms with van der Waals surface area (Å²) in [4.78, 5) is 11.0. The van der Waals surface area contributed by atoms with Crippen LogP contribution in [-0.4, -0.2) is 4.92 Å². The van der Waals surface area contributed by atoms with Gasteiger partial charge in [0.2, 0.25) is 0 Å². The van der Waals surface area contributed by atoms with Gasteiger partial charge in [-0.05, 0) is 5.56 Å². The van der Waals surface area contributed by atoms with Crippen molar-refractivity contribution in [1.82, 2.24) is 0 Å². The molecule has 1 aromatic heterocycles. The maximum Gasteiger partial charge on any atom is 0.280 e. The Morgan fingerprint density at radius 3 is 2.50 bits per heavy atom. The van der Waals surface area contributed by atoms with Crippen LogP contribution in [0.1, 0.15) is 0 Å². The highest BCUT2D eigenvalue weighted by Crippen LogP contribution is 2.30. The van der Waals surface area contributed by atoms with Crippen molar-refractivity contribution in [1.29, 1.82) is 0 Å². The highest BCUT2D eigenvalue weighted by Gasteiger charge is 2.09. The number of nitro groups is 1. The van der Waals surface area contributed by atoms with Crippen LogP contribution in [0.5, 0.6) is 0 Å². The van der Waals surface area contributed by atoms with Crippen molar-refractivity contribution in [2.24, 2.45) is 0 Å². The first-order valence-corrected chi connectivity index (χ1v) is 4.93. The molecule has 0 radical (unpaired) electrons. The van der Waals surface area contributed by atoms with Crippen molar-refractivity contribution in [2.75, 3.05) is 0 Å². The molecule has 0 aliphatic carbocycles. The van der Waals surface area contributed by atoms with Crippen LogP contribution in [0.15, 0.2) is 41.8 Å². The first-order chi connectivity index (χ1) is 6.77. The third-order valence-electron chi connectivity index (χ3n) is 1.85. The fraction of sp³-hybridized carbons (Fsp3) is 0. The lowest BCUT2D eigenvalue weighted by Crippen LogP contribution is -1.82. The van der Waals surface area contributed by atoms with E-state index in [-0.39, 0.29) is 10.6 Å². The first kappa shape index (κ1) is 8.90. The Morgan fingerprint density at radius 1 is 1.21 bits per heavy atom. The van der Waals surface area contributed by atoms with E-state index in [1.807, 2.05) is 30.3 Å². The highest BCUT2D eigenvalue weighted by atomic mass is 32.1. The topological polar surface area (TPSA) is 43.1 Å². The number of nitrogens with zero attached hydrogens (tertiary/aromatic N) is 1. The second-order valence-electron chi connectivity index (χ2n) is 2.79. The number of rotatable bonds is 2. The van der Waals surface area contributed by atoms with E-state index in [2.05, 4.69) is 0 Å². The Morgan fingerprint density at radius 2 is 1.93 bits per heavy atom. The van der Waals surface area contributed by atoms with Crippen molar-refractivity contribution < 1.29 is 4.92 Å². The fourth-order valence-electron chi connectivity index (χ4n) is 1.18. The molecule has 4 heteroatoms. The molecule has 0 aliphatic heterocycles. The van der Waals surface area contributed by atoms with Crippen molar-refractivity contribution in [2.45, 2.75) is 0 Å². The average Bonchev–Trinajstić information content (AvgIpc) is 2.68. The normalized spacial score (nSPS) is 10.0. The quantitative estimate of drug-likeness (QED) is 0.557. The minimum Gasteiger partial charge on any atom is -0.258 e. The molecule has 0 atom stereocenters. The molecule has 2 aromatic rings. The van der Waals surface area contributed by atoms with E-state index in [9.17, 15) is 10.1 Å².